The van der Waals surface area contributed by atoms with E-state index in [1.165, 1.54) is 0 Å². The molecule has 0 saturated heterocycles. The number of guanidine groups is 1. The van der Waals surface area contributed by atoms with E-state index in [-0.39, 0.29) is 30.8 Å². The summed E-state index contributed by atoms with van der Waals surface area (Å²) < 4.78 is 22.1. The Bertz CT molecular complexity index is 813. The predicted molar refractivity (Wildman–Crippen MR) is 109 cm³/mol. The first-order valence-electron chi connectivity index (χ1n) is 8.14. The van der Waals surface area contributed by atoms with Crippen LogP contribution in [0.25, 0.3) is 0 Å². The van der Waals surface area contributed by atoms with Gasteiger partial charge in [-0.3, -0.25) is 0 Å². The molecule has 7 nitrogen and oxygen atoms in total. The van der Waals surface area contributed by atoms with Gasteiger partial charge >= 0.3 is 0 Å². The molecule has 0 atom stereocenters. The van der Waals surface area contributed by atoms with Crippen molar-refractivity contribution < 1.29 is 18.9 Å². The van der Waals surface area contributed by atoms with Gasteiger partial charge in [0, 0.05) is 23.7 Å². The third-order valence-electron chi connectivity index (χ3n) is 3.92. The van der Waals surface area contributed by atoms with Crippen molar-refractivity contribution in [3.05, 3.63) is 42.0 Å². The summed E-state index contributed by atoms with van der Waals surface area (Å²) in [5.74, 6) is 3.24. The Kier molecular flexibility index (Phi) is 5.92. The second-order valence-electron chi connectivity index (χ2n) is 5.69. The van der Waals surface area contributed by atoms with Gasteiger partial charge in [-0.1, -0.05) is 12.1 Å². The van der Waals surface area contributed by atoms with E-state index in [0.29, 0.717) is 31.5 Å². The normalized spacial score (nSPS) is 15.0. The van der Waals surface area contributed by atoms with Crippen molar-refractivity contribution in [2.24, 2.45) is 10.7 Å². The van der Waals surface area contributed by atoms with Crippen LogP contribution in [0.1, 0.15) is 12.0 Å². The van der Waals surface area contributed by atoms with Crippen molar-refractivity contribution in [1.29, 1.82) is 0 Å². The Balaban J connectivity index is 0.00000196. The van der Waals surface area contributed by atoms with Crippen molar-refractivity contribution in [3.8, 4) is 23.0 Å². The number of nitrogens with zero attached hydrogens (tertiary/aromatic N) is 1. The van der Waals surface area contributed by atoms with E-state index in [2.05, 4.69) is 10.3 Å². The van der Waals surface area contributed by atoms with Crippen LogP contribution in [0.4, 0.5) is 5.69 Å². The van der Waals surface area contributed by atoms with Crippen molar-refractivity contribution in [1.82, 2.24) is 0 Å². The number of rotatable bonds is 3. The molecule has 0 amide bonds. The lowest BCUT2D eigenvalue weighted by Gasteiger charge is -2.11. The first-order valence-corrected chi connectivity index (χ1v) is 8.14. The van der Waals surface area contributed by atoms with E-state index in [9.17, 15) is 0 Å². The van der Waals surface area contributed by atoms with Crippen LogP contribution in [0.2, 0.25) is 0 Å². The van der Waals surface area contributed by atoms with Gasteiger partial charge in [0.15, 0.2) is 29.0 Å². The van der Waals surface area contributed by atoms with Gasteiger partial charge in [0.25, 0.3) is 0 Å². The number of hydrogen-bond donors (Lipinski definition) is 2. The fourth-order valence-electron chi connectivity index (χ4n) is 2.71. The number of nitrogens with two attached hydrogens (primary N) is 1. The number of aliphatic imine (C=N–C) groups is 1. The molecule has 0 saturated carbocycles. The molecule has 8 heteroatoms. The van der Waals surface area contributed by atoms with E-state index in [0.717, 1.165) is 34.9 Å². The average Bonchev–Trinajstić information content (AvgIpc) is 2.99. The topological polar surface area (TPSA) is 87.3 Å². The number of fused-ring (bicyclic) bond motifs is 2. The number of ether oxygens (including phenoxy) is 4. The molecule has 0 bridgehead atoms. The summed E-state index contributed by atoms with van der Waals surface area (Å²) in [7, 11) is 0. The molecule has 3 N–H and O–H groups in total. The third-order valence-corrected chi connectivity index (χ3v) is 3.92. The van der Waals surface area contributed by atoms with E-state index < -0.39 is 0 Å². The van der Waals surface area contributed by atoms with Gasteiger partial charge in [0.1, 0.15) is 0 Å². The number of hydrogen-bond acceptors (Lipinski definition) is 5. The SMILES string of the molecule is I.NC(=NCc1cccc2c1OCO2)Nc1ccc2c(c1)OCCCO2. The smallest absolute Gasteiger partial charge is 0.231 e. The van der Waals surface area contributed by atoms with Crippen LogP contribution in [0.3, 0.4) is 0 Å². The van der Waals surface area contributed by atoms with Crippen LogP contribution in [0, 0.1) is 0 Å². The molecule has 0 aromatic heterocycles. The van der Waals surface area contributed by atoms with E-state index in [1.807, 2.05) is 36.4 Å². The second-order valence-corrected chi connectivity index (χ2v) is 5.69. The molecule has 2 aromatic rings. The van der Waals surface area contributed by atoms with Crippen LogP contribution in [-0.2, 0) is 6.54 Å². The molecule has 2 aromatic carbocycles. The largest absolute Gasteiger partial charge is 0.490 e. The molecule has 2 heterocycles. The van der Waals surface area contributed by atoms with Gasteiger partial charge in [0.05, 0.1) is 19.8 Å². The van der Waals surface area contributed by atoms with Gasteiger partial charge in [-0.2, -0.15) is 0 Å². The Hall–Kier alpha value is -2.36. The summed E-state index contributed by atoms with van der Waals surface area (Å²) in [6.45, 7) is 1.94. The molecular formula is C18H20IN3O4. The van der Waals surface area contributed by atoms with Crippen LogP contribution >= 0.6 is 24.0 Å². The summed E-state index contributed by atoms with van der Waals surface area (Å²) in [5.41, 5.74) is 7.72. The molecular weight excluding hydrogens is 449 g/mol. The van der Waals surface area contributed by atoms with E-state index in [1.54, 1.807) is 0 Å². The Labute approximate surface area is 168 Å². The third kappa shape index (κ3) is 4.06. The quantitative estimate of drug-likeness (QED) is 0.408. The predicted octanol–water partition coefficient (Wildman–Crippen LogP) is 3.12. The fraction of sp³-hybridized carbons (Fsp3) is 0.278. The van der Waals surface area contributed by atoms with Crippen LogP contribution in [0.15, 0.2) is 41.4 Å². The van der Waals surface area contributed by atoms with Crippen LogP contribution in [0.5, 0.6) is 23.0 Å². The first kappa shape index (κ1) is 18.4. The second kappa shape index (κ2) is 8.35. The summed E-state index contributed by atoms with van der Waals surface area (Å²) in [5, 5.41) is 3.07. The Morgan fingerprint density at radius 3 is 2.73 bits per heavy atom. The highest BCUT2D eigenvalue weighted by molar-refractivity contribution is 14.0. The molecule has 2 aliphatic heterocycles. The highest BCUT2D eigenvalue weighted by Crippen LogP contribution is 2.35. The lowest BCUT2D eigenvalue weighted by Crippen LogP contribution is -2.22. The highest BCUT2D eigenvalue weighted by Gasteiger charge is 2.16. The standard InChI is InChI=1S/C18H19N3O4.HI/c19-18(20-10-12-3-1-4-15-17(12)25-11-24-15)21-13-5-6-14-16(9-13)23-8-2-7-22-14;/h1,3-6,9H,2,7-8,10-11H2,(H3,19,20,21);1H. The van der Waals surface area contributed by atoms with Crippen molar-refractivity contribution >= 4 is 35.6 Å². The van der Waals surface area contributed by atoms with E-state index >= 15 is 0 Å². The molecule has 0 spiro atoms. The number of nitrogens with one attached hydrogen (secondary N) is 1. The summed E-state index contributed by atoms with van der Waals surface area (Å²) in [4.78, 5) is 4.37. The first-order chi connectivity index (χ1) is 12.3. The fourth-order valence-corrected chi connectivity index (χ4v) is 2.71. The van der Waals surface area contributed by atoms with Gasteiger partial charge in [0.2, 0.25) is 6.79 Å². The van der Waals surface area contributed by atoms with Crippen molar-refractivity contribution in [2.75, 3.05) is 25.3 Å². The molecule has 0 fully saturated rings. The zero-order valence-corrected chi connectivity index (χ0v) is 16.4. The number of benzene rings is 2. The summed E-state index contributed by atoms with van der Waals surface area (Å²) in [6.07, 6.45) is 0.869. The maximum atomic E-state index is 6.00. The van der Waals surface area contributed by atoms with Crippen LogP contribution < -0.4 is 30.0 Å². The highest BCUT2D eigenvalue weighted by atomic mass is 127. The van der Waals surface area contributed by atoms with Crippen LogP contribution in [-0.4, -0.2) is 26.0 Å². The Morgan fingerprint density at radius 2 is 1.85 bits per heavy atom. The minimum absolute atomic E-state index is 0. The van der Waals surface area contributed by atoms with Crippen molar-refractivity contribution in [2.45, 2.75) is 13.0 Å². The zero-order valence-electron chi connectivity index (χ0n) is 14.1. The Morgan fingerprint density at radius 1 is 1.00 bits per heavy atom. The van der Waals surface area contributed by atoms with Gasteiger partial charge in [-0.25, -0.2) is 4.99 Å². The molecule has 2 aliphatic rings. The minimum atomic E-state index is 0. The molecule has 0 radical (unpaired) electrons. The molecule has 26 heavy (non-hydrogen) atoms. The molecule has 0 aliphatic carbocycles. The number of halogens is 1. The maximum absolute atomic E-state index is 6.00. The summed E-state index contributed by atoms with van der Waals surface area (Å²) >= 11 is 0. The average molecular weight is 469 g/mol. The molecule has 138 valence electrons. The lowest BCUT2D eigenvalue weighted by atomic mass is 10.2. The maximum Gasteiger partial charge on any atom is 0.231 e. The zero-order chi connectivity index (χ0) is 17.1. The minimum Gasteiger partial charge on any atom is -0.490 e. The molecule has 4 rings (SSSR count). The van der Waals surface area contributed by atoms with Gasteiger partial charge in [-0.15, -0.1) is 24.0 Å². The van der Waals surface area contributed by atoms with Crippen molar-refractivity contribution in [3.63, 3.8) is 0 Å². The monoisotopic (exact) mass is 469 g/mol. The summed E-state index contributed by atoms with van der Waals surface area (Å²) in [6, 6.07) is 11.3. The van der Waals surface area contributed by atoms with Gasteiger partial charge in [-0.05, 0) is 18.2 Å². The molecule has 0 unspecified atom stereocenters. The number of anilines is 1. The lowest BCUT2D eigenvalue weighted by molar-refractivity contribution is 0.173. The van der Waals surface area contributed by atoms with Gasteiger partial charge < -0.3 is 30.0 Å². The van der Waals surface area contributed by atoms with E-state index in [4.69, 9.17) is 24.7 Å². The number of para-hydroxylation sites is 1.